The Morgan fingerprint density at radius 3 is 2.62 bits per heavy atom. The quantitative estimate of drug-likeness (QED) is 0.867. The van der Waals surface area contributed by atoms with Crippen LogP contribution in [0.2, 0.25) is 0 Å². The van der Waals surface area contributed by atoms with Crippen molar-refractivity contribution >= 4 is 0 Å². The molecule has 1 aliphatic heterocycles. The fourth-order valence-corrected chi connectivity index (χ4v) is 2.79. The van der Waals surface area contributed by atoms with Crippen LogP contribution in [0, 0.1) is 0 Å². The Bertz CT molecular complexity index is 411. The van der Waals surface area contributed by atoms with Crippen molar-refractivity contribution in [3.8, 4) is 0 Å². The van der Waals surface area contributed by atoms with E-state index in [4.69, 9.17) is 4.74 Å². The van der Waals surface area contributed by atoms with Gasteiger partial charge < -0.3 is 14.7 Å². The molecule has 118 valence electrons. The summed E-state index contributed by atoms with van der Waals surface area (Å²) in [7, 11) is 2.16. The van der Waals surface area contributed by atoms with Crippen molar-refractivity contribution < 1.29 is 9.84 Å². The van der Waals surface area contributed by atoms with Gasteiger partial charge in [0.15, 0.2) is 0 Å². The van der Waals surface area contributed by atoms with E-state index in [9.17, 15) is 5.11 Å². The first-order valence-corrected chi connectivity index (χ1v) is 7.83. The minimum Gasteiger partial charge on any atom is -0.389 e. The summed E-state index contributed by atoms with van der Waals surface area (Å²) in [6.07, 6.45) is -0.265. The number of rotatable bonds is 6. The van der Waals surface area contributed by atoms with Crippen molar-refractivity contribution in [1.82, 2.24) is 9.80 Å². The van der Waals surface area contributed by atoms with Crippen LogP contribution < -0.4 is 0 Å². The standard InChI is InChI=1S/C17H28N2O2/c1-14(2)21-13-16(20)11-19-10-9-18(3)12-17(19)15-7-5-4-6-8-15/h4-8,14,16-17,20H,9-13H2,1-3H3. The third-order valence-corrected chi connectivity index (χ3v) is 3.95. The van der Waals surface area contributed by atoms with Crippen molar-refractivity contribution in [2.24, 2.45) is 0 Å². The molecule has 1 N–H and O–H groups in total. The second-order valence-corrected chi connectivity index (χ2v) is 6.22. The van der Waals surface area contributed by atoms with E-state index in [1.54, 1.807) is 0 Å². The smallest absolute Gasteiger partial charge is 0.0900 e. The van der Waals surface area contributed by atoms with E-state index in [1.807, 2.05) is 19.9 Å². The van der Waals surface area contributed by atoms with Gasteiger partial charge in [-0.05, 0) is 26.5 Å². The van der Waals surface area contributed by atoms with Crippen molar-refractivity contribution in [1.29, 1.82) is 0 Å². The monoisotopic (exact) mass is 292 g/mol. The van der Waals surface area contributed by atoms with E-state index in [1.165, 1.54) is 5.56 Å². The molecule has 2 unspecified atom stereocenters. The van der Waals surface area contributed by atoms with E-state index < -0.39 is 6.10 Å². The van der Waals surface area contributed by atoms with Crippen molar-refractivity contribution in [2.45, 2.75) is 32.1 Å². The lowest BCUT2D eigenvalue weighted by molar-refractivity contribution is -0.0244. The lowest BCUT2D eigenvalue weighted by atomic mass is 10.0. The van der Waals surface area contributed by atoms with Gasteiger partial charge >= 0.3 is 0 Å². The molecule has 21 heavy (non-hydrogen) atoms. The first kappa shape index (κ1) is 16.4. The molecule has 1 fully saturated rings. The zero-order chi connectivity index (χ0) is 15.2. The molecule has 2 atom stereocenters. The number of benzene rings is 1. The predicted octanol–water partition coefficient (Wildman–Crippen LogP) is 1.76. The minimum atomic E-state index is -0.429. The maximum atomic E-state index is 10.2. The Hall–Kier alpha value is -0.940. The van der Waals surface area contributed by atoms with E-state index in [-0.39, 0.29) is 6.10 Å². The highest BCUT2D eigenvalue weighted by Crippen LogP contribution is 2.24. The van der Waals surface area contributed by atoms with Crippen LogP contribution in [0.5, 0.6) is 0 Å². The minimum absolute atomic E-state index is 0.164. The van der Waals surface area contributed by atoms with E-state index in [0.717, 1.165) is 19.6 Å². The van der Waals surface area contributed by atoms with Crippen LogP contribution in [-0.4, -0.2) is 66.9 Å². The molecule has 4 heteroatoms. The second-order valence-electron chi connectivity index (χ2n) is 6.22. The van der Waals surface area contributed by atoms with Gasteiger partial charge in [0.05, 0.1) is 18.8 Å². The van der Waals surface area contributed by atoms with Crippen molar-refractivity contribution in [3.05, 3.63) is 35.9 Å². The van der Waals surface area contributed by atoms with E-state index >= 15 is 0 Å². The lowest BCUT2D eigenvalue weighted by Crippen LogP contribution is -2.49. The van der Waals surface area contributed by atoms with Gasteiger partial charge in [0.1, 0.15) is 0 Å². The third kappa shape index (κ3) is 5.08. The van der Waals surface area contributed by atoms with Crippen LogP contribution in [0.25, 0.3) is 0 Å². The molecule has 0 bridgehead atoms. The molecule has 0 saturated carbocycles. The molecule has 4 nitrogen and oxygen atoms in total. The van der Waals surface area contributed by atoms with Gasteiger partial charge in [-0.1, -0.05) is 30.3 Å². The fourth-order valence-electron chi connectivity index (χ4n) is 2.79. The Kier molecular flexibility index (Phi) is 6.18. The molecule has 2 rings (SSSR count). The third-order valence-electron chi connectivity index (χ3n) is 3.95. The SMILES string of the molecule is CC(C)OCC(O)CN1CCN(C)CC1c1ccccc1. The largest absolute Gasteiger partial charge is 0.389 e. The molecular weight excluding hydrogens is 264 g/mol. The summed E-state index contributed by atoms with van der Waals surface area (Å²) in [5.41, 5.74) is 1.32. The van der Waals surface area contributed by atoms with E-state index in [2.05, 4.69) is 41.1 Å². The number of likely N-dealkylation sites (N-methyl/N-ethyl adjacent to an activating group) is 1. The zero-order valence-electron chi connectivity index (χ0n) is 13.4. The Morgan fingerprint density at radius 2 is 1.95 bits per heavy atom. The Morgan fingerprint density at radius 1 is 1.24 bits per heavy atom. The van der Waals surface area contributed by atoms with Crippen LogP contribution >= 0.6 is 0 Å². The summed E-state index contributed by atoms with van der Waals surface area (Å²) in [6, 6.07) is 10.9. The average Bonchev–Trinajstić information content (AvgIpc) is 2.48. The number of hydrogen-bond donors (Lipinski definition) is 1. The molecule has 1 heterocycles. The van der Waals surface area contributed by atoms with Gasteiger partial charge in [0.25, 0.3) is 0 Å². The number of hydrogen-bond acceptors (Lipinski definition) is 4. The summed E-state index contributed by atoms with van der Waals surface area (Å²) in [5, 5.41) is 10.2. The van der Waals surface area contributed by atoms with Gasteiger partial charge in [0.2, 0.25) is 0 Å². The summed E-state index contributed by atoms with van der Waals surface area (Å²) in [4.78, 5) is 4.73. The van der Waals surface area contributed by atoms with Crippen molar-refractivity contribution in [3.63, 3.8) is 0 Å². The van der Waals surface area contributed by atoms with E-state index in [0.29, 0.717) is 19.2 Å². The van der Waals surface area contributed by atoms with Gasteiger partial charge in [-0.3, -0.25) is 4.90 Å². The van der Waals surface area contributed by atoms with Crippen molar-refractivity contribution in [2.75, 3.05) is 39.8 Å². The van der Waals surface area contributed by atoms with Gasteiger partial charge in [-0.25, -0.2) is 0 Å². The number of β-amino-alcohol motifs (C(OH)–C–C–N with tert-alkyl or cyclic N) is 1. The average molecular weight is 292 g/mol. The van der Waals surface area contributed by atoms with Gasteiger partial charge in [0, 0.05) is 32.2 Å². The summed E-state index contributed by atoms with van der Waals surface area (Å²) in [6.45, 7) is 8.09. The predicted molar refractivity (Wildman–Crippen MR) is 85.3 cm³/mol. The summed E-state index contributed by atoms with van der Waals surface area (Å²) in [5.74, 6) is 0. The molecule has 0 radical (unpaired) electrons. The molecule has 0 amide bonds. The summed E-state index contributed by atoms with van der Waals surface area (Å²) < 4.78 is 5.52. The maximum Gasteiger partial charge on any atom is 0.0900 e. The molecule has 0 spiro atoms. The lowest BCUT2D eigenvalue weighted by Gasteiger charge is -2.41. The van der Waals surface area contributed by atoms with Gasteiger partial charge in [-0.15, -0.1) is 0 Å². The van der Waals surface area contributed by atoms with Crippen LogP contribution in [-0.2, 0) is 4.74 Å². The van der Waals surface area contributed by atoms with Gasteiger partial charge in [-0.2, -0.15) is 0 Å². The Labute approximate surface area is 128 Å². The molecule has 1 aromatic rings. The first-order chi connectivity index (χ1) is 10.1. The number of nitrogens with zero attached hydrogens (tertiary/aromatic N) is 2. The molecule has 0 aliphatic carbocycles. The highest BCUT2D eigenvalue weighted by atomic mass is 16.5. The number of aliphatic hydroxyl groups excluding tert-OH is 1. The molecule has 0 aromatic heterocycles. The zero-order valence-corrected chi connectivity index (χ0v) is 13.4. The number of piperazine rings is 1. The topological polar surface area (TPSA) is 35.9 Å². The maximum absolute atomic E-state index is 10.2. The summed E-state index contributed by atoms with van der Waals surface area (Å²) >= 11 is 0. The van der Waals surface area contributed by atoms with Crippen LogP contribution in [0.3, 0.4) is 0 Å². The molecular formula is C17H28N2O2. The molecule has 1 aliphatic rings. The number of ether oxygens (including phenoxy) is 1. The highest BCUT2D eigenvalue weighted by molar-refractivity contribution is 5.20. The first-order valence-electron chi connectivity index (χ1n) is 7.83. The van der Waals surface area contributed by atoms with Crippen LogP contribution in [0.1, 0.15) is 25.5 Å². The normalized spacial score (nSPS) is 22.6. The molecule has 1 saturated heterocycles. The number of aliphatic hydroxyl groups is 1. The Balaban J connectivity index is 1.98. The fraction of sp³-hybridized carbons (Fsp3) is 0.647. The second kappa shape index (κ2) is 7.90. The highest BCUT2D eigenvalue weighted by Gasteiger charge is 2.27. The molecule has 1 aromatic carbocycles. The van der Waals surface area contributed by atoms with Crippen LogP contribution in [0.4, 0.5) is 0 Å². The van der Waals surface area contributed by atoms with Crippen LogP contribution in [0.15, 0.2) is 30.3 Å².